The van der Waals surface area contributed by atoms with Crippen molar-refractivity contribution in [3.8, 4) is 0 Å². The van der Waals surface area contributed by atoms with E-state index in [0.29, 0.717) is 10.8 Å². The zero-order valence-corrected chi connectivity index (χ0v) is 13.2. The number of aryl methyl sites for hydroxylation is 1. The summed E-state index contributed by atoms with van der Waals surface area (Å²) in [5.41, 5.74) is 10.1. The summed E-state index contributed by atoms with van der Waals surface area (Å²) in [6.07, 6.45) is 4.52. The van der Waals surface area contributed by atoms with Crippen molar-refractivity contribution in [1.29, 1.82) is 0 Å². The third-order valence-corrected chi connectivity index (χ3v) is 4.30. The Morgan fingerprint density at radius 3 is 1.84 bits per heavy atom. The van der Waals surface area contributed by atoms with E-state index < -0.39 is 0 Å². The van der Waals surface area contributed by atoms with Crippen LogP contribution in [-0.4, -0.2) is 5.54 Å². The topological polar surface area (TPSA) is 26.0 Å². The number of nitrogens with two attached hydrogens (primary N) is 1. The molecule has 1 aromatic carbocycles. The van der Waals surface area contributed by atoms with Crippen molar-refractivity contribution >= 4 is 0 Å². The van der Waals surface area contributed by atoms with E-state index in [1.54, 1.807) is 0 Å². The van der Waals surface area contributed by atoms with E-state index in [1.807, 2.05) is 0 Å². The molecule has 1 fully saturated rings. The lowest BCUT2D eigenvalue weighted by atomic mass is 9.57. The first-order valence-electron chi connectivity index (χ1n) is 7.44. The molecule has 106 valence electrons. The minimum Gasteiger partial charge on any atom is -0.325 e. The van der Waals surface area contributed by atoms with E-state index in [1.165, 1.54) is 17.5 Å². The molecule has 0 spiro atoms. The van der Waals surface area contributed by atoms with Gasteiger partial charge in [-0.2, -0.15) is 0 Å². The minimum absolute atomic E-state index is 0.0551. The number of rotatable bonds is 2. The molecule has 0 bridgehead atoms. The van der Waals surface area contributed by atoms with Crippen LogP contribution >= 0.6 is 0 Å². The summed E-state index contributed by atoms with van der Waals surface area (Å²) in [4.78, 5) is 0. The van der Waals surface area contributed by atoms with Crippen molar-refractivity contribution in [2.24, 2.45) is 16.6 Å². The summed E-state index contributed by atoms with van der Waals surface area (Å²) in [7, 11) is 0. The molecular weight excluding hydrogens is 230 g/mol. The van der Waals surface area contributed by atoms with Gasteiger partial charge in [-0.05, 0) is 49.0 Å². The monoisotopic (exact) mass is 259 g/mol. The lowest BCUT2D eigenvalue weighted by Crippen LogP contribution is -2.53. The van der Waals surface area contributed by atoms with Crippen LogP contribution in [0.4, 0.5) is 0 Å². The van der Waals surface area contributed by atoms with Gasteiger partial charge in [0.15, 0.2) is 0 Å². The van der Waals surface area contributed by atoms with Gasteiger partial charge in [0.25, 0.3) is 0 Å². The zero-order chi connectivity index (χ0) is 14.3. The molecular formula is C18H29N. The highest BCUT2D eigenvalue weighted by molar-refractivity contribution is 5.24. The van der Waals surface area contributed by atoms with Crippen molar-refractivity contribution < 1.29 is 0 Å². The zero-order valence-electron chi connectivity index (χ0n) is 13.2. The van der Waals surface area contributed by atoms with E-state index >= 15 is 0 Å². The number of hydrogen-bond donors (Lipinski definition) is 1. The van der Waals surface area contributed by atoms with E-state index in [2.05, 4.69) is 58.9 Å². The molecule has 1 nitrogen and oxygen atoms in total. The summed E-state index contributed by atoms with van der Waals surface area (Å²) in [5.74, 6) is 0. The van der Waals surface area contributed by atoms with Gasteiger partial charge in [-0.25, -0.2) is 0 Å². The highest BCUT2D eigenvalue weighted by atomic mass is 14.8. The van der Waals surface area contributed by atoms with Gasteiger partial charge in [0.2, 0.25) is 0 Å². The Morgan fingerprint density at radius 2 is 1.37 bits per heavy atom. The first kappa shape index (κ1) is 14.6. The molecule has 1 aliphatic rings. The quantitative estimate of drug-likeness (QED) is 0.833. The summed E-state index contributed by atoms with van der Waals surface area (Å²) in [6.45, 7) is 11.6. The lowest BCUT2D eigenvalue weighted by molar-refractivity contribution is 0.0487. The largest absolute Gasteiger partial charge is 0.325 e. The predicted octanol–water partition coefficient (Wildman–Crippen LogP) is 4.47. The van der Waals surface area contributed by atoms with Crippen molar-refractivity contribution in [1.82, 2.24) is 0 Å². The fraction of sp³-hybridized carbons (Fsp3) is 0.667. The van der Waals surface area contributed by atoms with Crippen molar-refractivity contribution in [3.63, 3.8) is 0 Å². The lowest BCUT2D eigenvalue weighted by Gasteiger charge is -2.50. The normalized spacial score (nSPS) is 24.1. The minimum atomic E-state index is -0.0551. The average Bonchev–Trinajstić information content (AvgIpc) is 2.15. The first-order chi connectivity index (χ1) is 8.59. The molecule has 2 rings (SSSR count). The number of hydrogen-bond acceptors (Lipinski definition) is 1. The van der Waals surface area contributed by atoms with Gasteiger partial charge in [-0.15, -0.1) is 0 Å². The van der Waals surface area contributed by atoms with Crippen molar-refractivity contribution in [2.75, 3.05) is 0 Å². The van der Waals surface area contributed by atoms with E-state index in [9.17, 15) is 0 Å². The van der Waals surface area contributed by atoms with Gasteiger partial charge >= 0.3 is 0 Å². The second kappa shape index (κ2) is 4.63. The second-order valence-electron chi connectivity index (χ2n) is 8.38. The van der Waals surface area contributed by atoms with Gasteiger partial charge in [0.05, 0.1) is 0 Å². The summed E-state index contributed by atoms with van der Waals surface area (Å²) < 4.78 is 0. The maximum atomic E-state index is 6.78. The standard InChI is InChI=1S/C18H29N/c1-14-6-8-15(9-7-14)10-18(19)12-16(2,3)11-17(4,5)13-18/h6-9H,10-13,19H2,1-5H3. The molecule has 1 aromatic rings. The Bertz CT molecular complexity index is 423. The Labute approximate surface area is 118 Å². The maximum absolute atomic E-state index is 6.78. The van der Waals surface area contributed by atoms with Crippen LogP contribution in [0.2, 0.25) is 0 Å². The molecule has 0 atom stereocenters. The number of benzene rings is 1. The van der Waals surface area contributed by atoms with Gasteiger partial charge in [0.1, 0.15) is 0 Å². The second-order valence-corrected chi connectivity index (χ2v) is 8.38. The van der Waals surface area contributed by atoms with Crippen LogP contribution in [0, 0.1) is 17.8 Å². The van der Waals surface area contributed by atoms with Crippen LogP contribution in [0.5, 0.6) is 0 Å². The smallest absolute Gasteiger partial charge is 0.0205 e. The average molecular weight is 259 g/mol. The van der Waals surface area contributed by atoms with Crippen LogP contribution < -0.4 is 5.73 Å². The van der Waals surface area contributed by atoms with Crippen molar-refractivity contribution in [3.05, 3.63) is 35.4 Å². The van der Waals surface area contributed by atoms with Crippen LogP contribution in [0.15, 0.2) is 24.3 Å². The predicted molar refractivity (Wildman–Crippen MR) is 83.2 cm³/mol. The van der Waals surface area contributed by atoms with E-state index in [4.69, 9.17) is 5.73 Å². The summed E-state index contributed by atoms with van der Waals surface area (Å²) in [6, 6.07) is 8.85. The van der Waals surface area contributed by atoms with Gasteiger partial charge < -0.3 is 5.73 Å². The molecule has 19 heavy (non-hydrogen) atoms. The van der Waals surface area contributed by atoms with Crippen LogP contribution in [0.3, 0.4) is 0 Å². The molecule has 0 amide bonds. The Morgan fingerprint density at radius 1 is 0.895 bits per heavy atom. The molecule has 1 saturated carbocycles. The highest BCUT2D eigenvalue weighted by Gasteiger charge is 2.45. The Kier molecular flexibility index (Phi) is 3.55. The fourth-order valence-corrected chi connectivity index (χ4v) is 4.63. The van der Waals surface area contributed by atoms with Crippen LogP contribution in [0.1, 0.15) is 58.1 Å². The van der Waals surface area contributed by atoms with E-state index in [-0.39, 0.29) is 5.54 Å². The SMILES string of the molecule is Cc1ccc(CC2(N)CC(C)(C)CC(C)(C)C2)cc1. The summed E-state index contributed by atoms with van der Waals surface area (Å²) in [5, 5.41) is 0. The first-order valence-corrected chi connectivity index (χ1v) is 7.44. The summed E-state index contributed by atoms with van der Waals surface area (Å²) >= 11 is 0. The van der Waals surface area contributed by atoms with Crippen LogP contribution in [0.25, 0.3) is 0 Å². The fourth-order valence-electron chi connectivity index (χ4n) is 4.63. The third-order valence-electron chi connectivity index (χ3n) is 4.30. The molecule has 0 aliphatic heterocycles. The maximum Gasteiger partial charge on any atom is 0.0205 e. The highest BCUT2D eigenvalue weighted by Crippen LogP contribution is 2.50. The van der Waals surface area contributed by atoms with Gasteiger partial charge in [-0.1, -0.05) is 57.5 Å². The molecule has 2 N–H and O–H groups in total. The molecule has 0 aromatic heterocycles. The molecule has 1 heteroatoms. The molecule has 0 unspecified atom stereocenters. The Hall–Kier alpha value is -0.820. The van der Waals surface area contributed by atoms with E-state index in [0.717, 1.165) is 19.3 Å². The van der Waals surface area contributed by atoms with Crippen LogP contribution in [-0.2, 0) is 6.42 Å². The molecule has 1 aliphatic carbocycles. The molecule has 0 saturated heterocycles. The molecule has 0 radical (unpaired) electrons. The molecule has 0 heterocycles. The Balaban J connectivity index is 2.19. The third kappa shape index (κ3) is 3.82. The van der Waals surface area contributed by atoms with Gasteiger partial charge in [0, 0.05) is 5.54 Å². The van der Waals surface area contributed by atoms with Gasteiger partial charge in [-0.3, -0.25) is 0 Å². The van der Waals surface area contributed by atoms with Crippen molar-refractivity contribution in [2.45, 2.75) is 65.8 Å².